The van der Waals surface area contributed by atoms with E-state index in [1.54, 1.807) is 13.0 Å². The zero-order valence-corrected chi connectivity index (χ0v) is 21.1. The predicted molar refractivity (Wildman–Crippen MR) is 137 cm³/mol. The van der Waals surface area contributed by atoms with Crippen molar-refractivity contribution in [3.05, 3.63) is 58.5 Å². The van der Waals surface area contributed by atoms with E-state index in [1.807, 2.05) is 35.8 Å². The molecule has 9 heteroatoms. The van der Waals surface area contributed by atoms with Crippen LogP contribution in [0.25, 0.3) is 11.4 Å². The second kappa shape index (κ2) is 11.0. The van der Waals surface area contributed by atoms with Gasteiger partial charge < -0.3 is 10.1 Å². The molecule has 1 aromatic carbocycles. The Kier molecular flexibility index (Phi) is 7.84. The molecule has 1 aliphatic carbocycles. The highest BCUT2D eigenvalue weighted by atomic mass is 32.2. The molecular formula is C25H28N4O3S2. The summed E-state index contributed by atoms with van der Waals surface area (Å²) >= 11 is 2.80. The van der Waals surface area contributed by atoms with E-state index in [2.05, 4.69) is 22.1 Å². The summed E-state index contributed by atoms with van der Waals surface area (Å²) in [6, 6.07) is 8.08. The normalized spacial score (nSPS) is 12.8. The predicted octanol–water partition coefficient (Wildman–Crippen LogP) is 5.29. The second-order valence-electron chi connectivity index (χ2n) is 8.04. The number of hydrogen-bond acceptors (Lipinski definition) is 7. The van der Waals surface area contributed by atoms with Gasteiger partial charge in [0.25, 0.3) is 0 Å². The molecule has 0 aliphatic heterocycles. The number of hydrogen-bond donors (Lipinski definition) is 1. The molecule has 34 heavy (non-hydrogen) atoms. The van der Waals surface area contributed by atoms with E-state index in [9.17, 15) is 9.59 Å². The molecule has 0 atom stereocenters. The summed E-state index contributed by atoms with van der Waals surface area (Å²) < 4.78 is 7.23. The number of allylic oxidation sites excluding steroid dienone is 1. The van der Waals surface area contributed by atoms with Gasteiger partial charge in [-0.25, -0.2) is 4.79 Å². The van der Waals surface area contributed by atoms with Crippen molar-refractivity contribution in [3.63, 3.8) is 0 Å². The first kappa shape index (κ1) is 24.2. The van der Waals surface area contributed by atoms with Crippen LogP contribution in [0.2, 0.25) is 0 Å². The monoisotopic (exact) mass is 496 g/mol. The third-order valence-electron chi connectivity index (χ3n) is 5.57. The number of thiophene rings is 1. The van der Waals surface area contributed by atoms with Crippen LogP contribution in [-0.2, 0) is 28.9 Å². The van der Waals surface area contributed by atoms with E-state index in [0.29, 0.717) is 28.9 Å². The molecule has 7 nitrogen and oxygen atoms in total. The third kappa shape index (κ3) is 5.26. The number of aryl methyl sites for hydroxylation is 2. The number of carbonyl (C=O) groups excluding carboxylic acids is 2. The number of ether oxygens (including phenoxy) is 1. The van der Waals surface area contributed by atoms with Gasteiger partial charge >= 0.3 is 5.97 Å². The van der Waals surface area contributed by atoms with Crippen molar-refractivity contribution in [3.8, 4) is 11.4 Å². The summed E-state index contributed by atoms with van der Waals surface area (Å²) in [5.41, 5.74) is 3.68. The van der Waals surface area contributed by atoms with Crippen LogP contribution in [0.15, 0.2) is 42.1 Å². The Morgan fingerprint density at radius 3 is 2.74 bits per heavy atom. The molecule has 1 amide bonds. The zero-order chi connectivity index (χ0) is 24.1. The molecule has 2 aromatic heterocycles. The van der Waals surface area contributed by atoms with Crippen molar-refractivity contribution < 1.29 is 14.3 Å². The smallest absolute Gasteiger partial charge is 0.341 e. The molecule has 1 N–H and O–H groups in total. The fourth-order valence-electron chi connectivity index (χ4n) is 3.97. The van der Waals surface area contributed by atoms with Crippen molar-refractivity contribution in [2.45, 2.75) is 51.2 Å². The topological polar surface area (TPSA) is 86.1 Å². The first-order valence-electron chi connectivity index (χ1n) is 11.4. The highest BCUT2D eigenvalue weighted by Gasteiger charge is 2.27. The minimum atomic E-state index is -0.363. The number of nitrogens with zero attached hydrogens (tertiary/aromatic N) is 3. The van der Waals surface area contributed by atoms with Gasteiger partial charge in [-0.2, -0.15) is 0 Å². The van der Waals surface area contributed by atoms with Gasteiger partial charge in [0.1, 0.15) is 5.00 Å². The summed E-state index contributed by atoms with van der Waals surface area (Å²) in [5.74, 6) is 0.324. The van der Waals surface area contributed by atoms with Gasteiger partial charge in [-0.3, -0.25) is 9.36 Å². The SMILES string of the molecule is C=CCn1c(SCC(=O)Nc2sc3c(c2C(=O)OCC)CCCC3)nnc1-c1ccc(C)cc1. The lowest BCUT2D eigenvalue weighted by Gasteiger charge is -2.12. The fourth-order valence-corrected chi connectivity index (χ4v) is 6.01. The molecule has 2 heterocycles. The molecule has 0 saturated heterocycles. The summed E-state index contributed by atoms with van der Waals surface area (Å²) in [6.07, 6.45) is 5.70. The van der Waals surface area contributed by atoms with E-state index in [4.69, 9.17) is 4.74 Å². The van der Waals surface area contributed by atoms with Gasteiger partial charge in [0.15, 0.2) is 11.0 Å². The van der Waals surface area contributed by atoms with E-state index in [1.165, 1.54) is 33.5 Å². The molecule has 0 saturated carbocycles. The van der Waals surface area contributed by atoms with E-state index < -0.39 is 0 Å². The largest absolute Gasteiger partial charge is 0.462 e. The number of esters is 1. The molecule has 0 radical (unpaired) electrons. The first-order valence-corrected chi connectivity index (χ1v) is 13.2. The van der Waals surface area contributed by atoms with Crippen LogP contribution in [0.1, 0.15) is 46.1 Å². The van der Waals surface area contributed by atoms with Crippen LogP contribution in [0, 0.1) is 6.92 Å². The molecule has 1 aliphatic rings. The molecule has 0 spiro atoms. The molecule has 4 rings (SSSR count). The highest BCUT2D eigenvalue weighted by Crippen LogP contribution is 2.38. The Labute approximate surface area is 207 Å². The van der Waals surface area contributed by atoms with Crippen molar-refractivity contribution in [1.29, 1.82) is 0 Å². The van der Waals surface area contributed by atoms with Crippen molar-refractivity contribution in [2.75, 3.05) is 17.7 Å². The molecule has 3 aromatic rings. The number of carbonyl (C=O) groups is 2. The van der Waals surface area contributed by atoms with Gasteiger partial charge in [0, 0.05) is 17.0 Å². The van der Waals surface area contributed by atoms with Gasteiger partial charge in [0.2, 0.25) is 5.91 Å². The average Bonchev–Trinajstić information content (AvgIpc) is 3.39. The van der Waals surface area contributed by atoms with E-state index >= 15 is 0 Å². The Morgan fingerprint density at radius 1 is 1.24 bits per heavy atom. The second-order valence-corrected chi connectivity index (χ2v) is 10.1. The molecule has 0 fully saturated rings. The Morgan fingerprint density at radius 2 is 2.00 bits per heavy atom. The molecule has 0 bridgehead atoms. The fraction of sp³-hybridized carbons (Fsp3) is 0.360. The summed E-state index contributed by atoms with van der Waals surface area (Å²) in [4.78, 5) is 26.7. The number of nitrogens with one attached hydrogen (secondary N) is 1. The van der Waals surface area contributed by atoms with Crippen LogP contribution in [-0.4, -0.2) is 39.0 Å². The molecule has 0 unspecified atom stereocenters. The van der Waals surface area contributed by atoms with Gasteiger partial charge in [-0.15, -0.1) is 28.1 Å². The van der Waals surface area contributed by atoms with Gasteiger partial charge in [-0.05, 0) is 45.1 Å². The van der Waals surface area contributed by atoms with E-state index in [0.717, 1.165) is 42.6 Å². The zero-order valence-electron chi connectivity index (χ0n) is 19.4. The van der Waals surface area contributed by atoms with Crippen LogP contribution >= 0.6 is 23.1 Å². The Hall–Kier alpha value is -2.91. The number of aromatic nitrogens is 3. The molecular weight excluding hydrogens is 468 g/mol. The number of amides is 1. The summed E-state index contributed by atoms with van der Waals surface area (Å²) in [5, 5.41) is 12.8. The number of benzene rings is 1. The lowest BCUT2D eigenvalue weighted by Crippen LogP contribution is -2.17. The third-order valence-corrected chi connectivity index (χ3v) is 7.75. The number of rotatable bonds is 9. The maximum atomic E-state index is 12.9. The van der Waals surface area contributed by atoms with Crippen molar-refractivity contribution in [2.24, 2.45) is 0 Å². The minimum Gasteiger partial charge on any atom is -0.462 e. The maximum Gasteiger partial charge on any atom is 0.341 e. The number of anilines is 1. The highest BCUT2D eigenvalue weighted by molar-refractivity contribution is 7.99. The van der Waals surface area contributed by atoms with Crippen molar-refractivity contribution >= 4 is 40.0 Å². The number of fused-ring (bicyclic) bond motifs is 1. The van der Waals surface area contributed by atoms with Crippen LogP contribution < -0.4 is 5.32 Å². The summed E-state index contributed by atoms with van der Waals surface area (Å²) in [7, 11) is 0. The first-order chi connectivity index (χ1) is 16.5. The lowest BCUT2D eigenvalue weighted by molar-refractivity contribution is -0.113. The van der Waals surface area contributed by atoms with Crippen LogP contribution in [0.4, 0.5) is 5.00 Å². The van der Waals surface area contributed by atoms with Crippen LogP contribution in [0.3, 0.4) is 0 Å². The van der Waals surface area contributed by atoms with Gasteiger partial charge in [0.05, 0.1) is 17.9 Å². The van der Waals surface area contributed by atoms with Crippen LogP contribution in [0.5, 0.6) is 0 Å². The molecule has 178 valence electrons. The average molecular weight is 497 g/mol. The summed E-state index contributed by atoms with van der Waals surface area (Å²) in [6.45, 7) is 8.50. The van der Waals surface area contributed by atoms with E-state index in [-0.39, 0.29) is 17.6 Å². The lowest BCUT2D eigenvalue weighted by atomic mass is 9.95. The standard InChI is InChI=1S/C25H28N4O3S2/c1-4-14-29-22(17-12-10-16(3)11-13-17)27-28-25(29)33-15-20(30)26-23-21(24(31)32-5-2)18-8-6-7-9-19(18)34-23/h4,10-13H,1,5-9,14-15H2,2-3H3,(H,26,30). The van der Waals surface area contributed by atoms with Gasteiger partial charge in [-0.1, -0.05) is 47.7 Å². The maximum absolute atomic E-state index is 12.9. The Bertz CT molecular complexity index is 1200. The van der Waals surface area contributed by atoms with Crippen molar-refractivity contribution in [1.82, 2.24) is 14.8 Å². The minimum absolute atomic E-state index is 0.147. The quantitative estimate of drug-likeness (QED) is 0.246. The Balaban J connectivity index is 1.50. The number of thioether (sulfide) groups is 1.